The summed E-state index contributed by atoms with van der Waals surface area (Å²) in [7, 11) is 2.31. The standard InChI is InChI=1S/C14H28N2/c1-10-4-7-13(8-11(10)2)16(3)14(9-15)12-5-6-12/h10-14H,4-9,15H2,1-3H3. The average Bonchev–Trinajstić information content (AvgIpc) is 3.07. The molecular weight excluding hydrogens is 196 g/mol. The van der Waals surface area contributed by atoms with E-state index in [4.69, 9.17) is 5.73 Å². The van der Waals surface area contributed by atoms with Gasteiger partial charge in [-0.05, 0) is 56.9 Å². The fraction of sp³-hybridized carbons (Fsp3) is 1.00. The van der Waals surface area contributed by atoms with Crippen LogP contribution in [0.25, 0.3) is 0 Å². The molecule has 2 nitrogen and oxygen atoms in total. The molecule has 2 heteroatoms. The molecule has 2 N–H and O–H groups in total. The van der Waals surface area contributed by atoms with Gasteiger partial charge in [-0.3, -0.25) is 4.90 Å². The van der Waals surface area contributed by atoms with Gasteiger partial charge in [0.2, 0.25) is 0 Å². The predicted octanol–water partition coefficient (Wildman–Crippen LogP) is 2.48. The van der Waals surface area contributed by atoms with Crippen LogP contribution in [-0.2, 0) is 0 Å². The molecule has 2 rings (SSSR count). The second-order valence-electron chi connectivity index (χ2n) is 6.23. The Morgan fingerprint density at radius 1 is 1.12 bits per heavy atom. The van der Waals surface area contributed by atoms with Crippen LogP contribution in [0.15, 0.2) is 0 Å². The van der Waals surface area contributed by atoms with Crippen molar-refractivity contribution in [3.05, 3.63) is 0 Å². The second-order valence-corrected chi connectivity index (χ2v) is 6.23. The third kappa shape index (κ3) is 2.60. The maximum atomic E-state index is 5.94. The number of rotatable bonds is 4. The molecule has 2 saturated carbocycles. The van der Waals surface area contributed by atoms with E-state index in [0.29, 0.717) is 6.04 Å². The lowest BCUT2D eigenvalue weighted by Crippen LogP contribution is -2.47. The Morgan fingerprint density at radius 2 is 1.81 bits per heavy atom. The van der Waals surface area contributed by atoms with E-state index in [-0.39, 0.29) is 0 Å². The van der Waals surface area contributed by atoms with Gasteiger partial charge in [-0.25, -0.2) is 0 Å². The third-order valence-corrected chi connectivity index (χ3v) is 5.08. The molecule has 0 amide bonds. The van der Waals surface area contributed by atoms with E-state index in [1.54, 1.807) is 0 Å². The van der Waals surface area contributed by atoms with E-state index in [2.05, 4.69) is 25.8 Å². The molecule has 0 heterocycles. The highest BCUT2D eigenvalue weighted by Gasteiger charge is 2.37. The van der Waals surface area contributed by atoms with Crippen LogP contribution in [0.2, 0.25) is 0 Å². The van der Waals surface area contributed by atoms with Crippen LogP contribution < -0.4 is 5.73 Å². The van der Waals surface area contributed by atoms with Crippen molar-refractivity contribution in [3.63, 3.8) is 0 Å². The zero-order valence-electron chi connectivity index (χ0n) is 11.2. The van der Waals surface area contributed by atoms with Crippen LogP contribution in [0.5, 0.6) is 0 Å². The topological polar surface area (TPSA) is 29.3 Å². The molecule has 94 valence electrons. The van der Waals surface area contributed by atoms with Crippen molar-refractivity contribution < 1.29 is 0 Å². The van der Waals surface area contributed by atoms with E-state index in [0.717, 1.165) is 30.3 Å². The van der Waals surface area contributed by atoms with E-state index >= 15 is 0 Å². The molecule has 0 bridgehead atoms. The summed E-state index contributed by atoms with van der Waals surface area (Å²) in [5.41, 5.74) is 5.94. The van der Waals surface area contributed by atoms with Crippen molar-refractivity contribution in [1.29, 1.82) is 0 Å². The first-order valence-corrected chi connectivity index (χ1v) is 7.05. The minimum absolute atomic E-state index is 0.658. The number of nitrogens with zero attached hydrogens (tertiary/aromatic N) is 1. The summed E-state index contributed by atoms with van der Waals surface area (Å²) in [4.78, 5) is 2.61. The maximum Gasteiger partial charge on any atom is 0.0246 e. The van der Waals surface area contributed by atoms with Gasteiger partial charge in [0.1, 0.15) is 0 Å². The highest BCUT2D eigenvalue weighted by Crippen LogP contribution is 2.38. The fourth-order valence-corrected chi connectivity index (χ4v) is 3.33. The van der Waals surface area contributed by atoms with Crippen molar-refractivity contribution in [2.24, 2.45) is 23.5 Å². The minimum Gasteiger partial charge on any atom is -0.329 e. The molecule has 0 spiro atoms. The van der Waals surface area contributed by atoms with Gasteiger partial charge in [0.15, 0.2) is 0 Å². The SMILES string of the molecule is CC1CCC(N(C)C(CN)C2CC2)CC1C. The fourth-order valence-electron chi connectivity index (χ4n) is 3.33. The van der Waals surface area contributed by atoms with Gasteiger partial charge in [-0.15, -0.1) is 0 Å². The first-order valence-electron chi connectivity index (χ1n) is 7.05. The van der Waals surface area contributed by atoms with Crippen molar-refractivity contribution in [2.45, 2.75) is 58.0 Å². The van der Waals surface area contributed by atoms with E-state index in [9.17, 15) is 0 Å². The Balaban J connectivity index is 1.90. The van der Waals surface area contributed by atoms with Gasteiger partial charge in [-0.1, -0.05) is 13.8 Å². The number of nitrogens with two attached hydrogens (primary N) is 1. The third-order valence-electron chi connectivity index (χ3n) is 5.08. The van der Waals surface area contributed by atoms with Crippen molar-refractivity contribution >= 4 is 0 Å². The van der Waals surface area contributed by atoms with Crippen molar-refractivity contribution in [3.8, 4) is 0 Å². The molecule has 16 heavy (non-hydrogen) atoms. The van der Waals surface area contributed by atoms with Gasteiger partial charge in [0.05, 0.1) is 0 Å². The van der Waals surface area contributed by atoms with E-state index in [1.807, 2.05) is 0 Å². The molecule has 0 aromatic rings. The van der Waals surface area contributed by atoms with Crippen LogP contribution >= 0.6 is 0 Å². The highest BCUT2D eigenvalue weighted by atomic mass is 15.2. The highest BCUT2D eigenvalue weighted by molar-refractivity contribution is 4.92. The Kier molecular flexibility index (Phi) is 3.91. The molecular formula is C14H28N2. The molecule has 4 atom stereocenters. The lowest BCUT2D eigenvalue weighted by molar-refractivity contribution is 0.0893. The summed E-state index contributed by atoms with van der Waals surface area (Å²) in [6.45, 7) is 5.67. The number of likely N-dealkylation sites (N-methyl/N-ethyl adjacent to an activating group) is 1. The first kappa shape index (κ1) is 12.4. The van der Waals surface area contributed by atoms with Gasteiger partial charge < -0.3 is 5.73 Å². The molecule has 4 unspecified atom stereocenters. The number of hydrogen-bond acceptors (Lipinski definition) is 2. The molecule has 0 aromatic carbocycles. The first-order chi connectivity index (χ1) is 7.63. The molecule has 0 aliphatic heterocycles. The monoisotopic (exact) mass is 224 g/mol. The predicted molar refractivity (Wildman–Crippen MR) is 69.3 cm³/mol. The van der Waals surface area contributed by atoms with E-state index < -0.39 is 0 Å². The van der Waals surface area contributed by atoms with Crippen LogP contribution in [0.3, 0.4) is 0 Å². The lowest BCUT2D eigenvalue weighted by atomic mass is 9.78. The zero-order valence-corrected chi connectivity index (χ0v) is 11.2. The summed E-state index contributed by atoms with van der Waals surface area (Å²) >= 11 is 0. The van der Waals surface area contributed by atoms with Gasteiger partial charge in [0.25, 0.3) is 0 Å². The minimum atomic E-state index is 0.658. The van der Waals surface area contributed by atoms with Gasteiger partial charge in [0, 0.05) is 18.6 Å². The normalized spacial score (nSPS) is 37.7. The summed E-state index contributed by atoms with van der Waals surface area (Å²) in [5, 5.41) is 0. The van der Waals surface area contributed by atoms with Gasteiger partial charge >= 0.3 is 0 Å². The Bertz CT molecular complexity index is 225. The smallest absolute Gasteiger partial charge is 0.0246 e. The Hall–Kier alpha value is -0.0800. The summed E-state index contributed by atoms with van der Waals surface area (Å²) in [5.74, 6) is 2.71. The second kappa shape index (κ2) is 5.05. The Labute approximate surface area is 101 Å². The molecule has 2 fully saturated rings. The van der Waals surface area contributed by atoms with Crippen LogP contribution in [-0.4, -0.2) is 30.6 Å². The molecule has 2 aliphatic carbocycles. The average molecular weight is 224 g/mol. The summed E-state index contributed by atoms with van der Waals surface area (Å²) in [6, 6.07) is 1.45. The number of hydrogen-bond donors (Lipinski definition) is 1. The maximum absolute atomic E-state index is 5.94. The summed E-state index contributed by atoms with van der Waals surface area (Å²) in [6.07, 6.45) is 6.97. The molecule has 0 radical (unpaired) electrons. The van der Waals surface area contributed by atoms with Crippen molar-refractivity contribution in [2.75, 3.05) is 13.6 Å². The zero-order chi connectivity index (χ0) is 11.7. The summed E-state index contributed by atoms with van der Waals surface area (Å²) < 4.78 is 0. The van der Waals surface area contributed by atoms with Crippen LogP contribution in [0.4, 0.5) is 0 Å². The quantitative estimate of drug-likeness (QED) is 0.795. The lowest BCUT2D eigenvalue weighted by Gasteiger charge is -2.41. The van der Waals surface area contributed by atoms with Crippen LogP contribution in [0.1, 0.15) is 46.0 Å². The van der Waals surface area contributed by atoms with Gasteiger partial charge in [-0.2, -0.15) is 0 Å². The largest absolute Gasteiger partial charge is 0.329 e. The molecule has 0 saturated heterocycles. The molecule has 0 aromatic heterocycles. The van der Waals surface area contributed by atoms with E-state index in [1.165, 1.54) is 32.1 Å². The van der Waals surface area contributed by atoms with Crippen molar-refractivity contribution in [1.82, 2.24) is 4.90 Å². The molecule has 2 aliphatic rings. The van der Waals surface area contributed by atoms with Crippen LogP contribution in [0, 0.1) is 17.8 Å². The Morgan fingerprint density at radius 3 is 2.31 bits per heavy atom.